The van der Waals surface area contributed by atoms with Gasteiger partial charge in [0, 0.05) is 5.39 Å². The van der Waals surface area contributed by atoms with Gasteiger partial charge in [0.15, 0.2) is 0 Å². The largest absolute Gasteiger partial charge is 0.393 e. The Morgan fingerprint density at radius 3 is 2.67 bits per heavy atom. The summed E-state index contributed by atoms with van der Waals surface area (Å²) in [6.07, 6.45) is 0. The second kappa shape index (κ2) is 3.40. The molecule has 0 unspecified atom stereocenters. The van der Waals surface area contributed by atoms with Gasteiger partial charge >= 0.3 is 5.69 Å². The van der Waals surface area contributed by atoms with Gasteiger partial charge in [0.1, 0.15) is 10.7 Å². The maximum Gasteiger partial charge on any atom is 0.311 e. The molecule has 2 rings (SSSR count). The molecule has 76 valence electrons. The fourth-order valence-electron chi connectivity index (χ4n) is 1.51. The number of nitro benzene ring substituents is 1. The summed E-state index contributed by atoms with van der Waals surface area (Å²) < 4.78 is 0. The number of hydrogen-bond donors (Lipinski definition) is 1. The molecule has 0 bridgehead atoms. The smallest absolute Gasteiger partial charge is 0.311 e. The van der Waals surface area contributed by atoms with E-state index in [2.05, 4.69) is 0 Å². The van der Waals surface area contributed by atoms with E-state index in [9.17, 15) is 10.1 Å². The Labute approximate surface area is 90.4 Å². The molecular weight excluding hydrogens is 216 g/mol. The molecule has 0 aromatic heterocycles. The molecule has 2 aromatic rings. The van der Waals surface area contributed by atoms with Crippen molar-refractivity contribution in [2.45, 2.75) is 0 Å². The number of rotatable bonds is 1. The van der Waals surface area contributed by atoms with E-state index in [4.69, 9.17) is 17.3 Å². The fourth-order valence-corrected chi connectivity index (χ4v) is 1.80. The van der Waals surface area contributed by atoms with Gasteiger partial charge in [0.05, 0.1) is 4.92 Å². The van der Waals surface area contributed by atoms with Crippen LogP contribution < -0.4 is 5.73 Å². The fraction of sp³-hybridized carbons (Fsp3) is 0. The van der Waals surface area contributed by atoms with Gasteiger partial charge in [-0.15, -0.1) is 0 Å². The summed E-state index contributed by atoms with van der Waals surface area (Å²) in [5.74, 6) is 0. The number of halogens is 1. The average Bonchev–Trinajstić information content (AvgIpc) is 2.17. The Morgan fingerprint density at radius 2 is 2.00 bits per heavy atom. The molecule has 4 nitrogen and oxygen atoms in total. The van der Waals surface area contributed by atoms with E-state index in [1.54, 1.807) is 24.3 Å². The highest BCUT2D eigenvalue weighted by molar-refractivity contribution is 6.34. The Balaban J connectivity index is 2.90. The van der Waals surface area contributed by atoms with Gasteiger partial charge in [-0.3, -0.25) is 10.1 Å². The molecule has 2 aromatic carbocycles. The van der Waals surface area contributed by atoms with Crippen LogP contribution in [0.4, 0.5) is 11.4 Å². The molecule has 15 heavy (non-hydrogen) atoms. The van der Waals surface area contributed by atoms with E-state index in [1.807, 2.05) is 6.07 Å². The van der Waals surface area contributed by atoms with E-state index in [0.29, 0.717) is 5.39 Å². The summed E-state index contributed by atoms with van der Waals surface area (Å²) >= 11 is 5.78. The van der Waals surface area contributed by atoms with Gasteiger partial charge < -0.3 is 5.73 Å². The maximum absolute atomic E-state index is 10.7. The first-order valence-electron chi connectivity index (χ1n) is 4.22. The number of hydrogen-bond acceptors (Lipinski definition) is 3. The van der Waals surface area contributed by atoms with Crippen molar-refractivity contribution in [3.63, 3.8) is 0 Å². The van der Waals surface area contributed by atoms with Gasteiger partial charge in [-0.25, -0.2) is 0 Å². The predicted molar refractivity (Wildman–Crippen MR) is 60.0 cm³/mol. The van der Waals surface area contributed by atoms with Crippen molar-refractivity contribution >= 4 is 33.7 Å². The predicted octanol–water partition coefficient (Wildman–Crippen LogP) is 2.98. The first-order chi connectivity index (χ1) is 7.11. The Morgan fingerprint density at radius 1 is 1.33 bits per heavy atom. The van der Waals surface area contributed by atoms with Crippen LogP contribution in [0.2, 0.25) is 5.02 Å². The molecule has 0 aliphatic rings. The molecule has 0 aliphatic carbocycles. The number of nitrogens with zero attached hydrogens (tertiary/aromatic N) is 1. The monoisotopic (exact) mass is 222 g/mol. The topological polar surface area (TPSA) is 69.2 Å². The first kappa shape index (κ1) is 9.73. The quantitative estimate of drug-likeness (QED) is 0.458. The highest BCUT2D eigenvalue weighted by Crippen LogP contribution is 2.36. The molecular formula is C10H7ClN2O2. The van der Waals surface area contributed by atoms with Gasteiger partial charge in [0.2, 0.25) is 0 Å². The lowest BCUT2D eigenvalue weighted by molar-refractivity contribution is -0.383. The minimum absolute atomic E-state index is 0.0659. The summed E-state index contributed by atoms with van der Waals surface area (Å²) in [7, 11) is 0. The molecule has 0 saturated heterocycles. The van der Waals surface area contributed by atoms with Crippen LogP contribution >= 0.6 is 11.6 Å². The normalized spacial score (nSPS) is 10.5. The van der Waals surface area contributed by atoms with Crippen molar-refractivity contribution in [2.24, 2.45) is 0 Å². The maximum atomic E-state index is 10.7. The van der Waals surface area contributed by atoms with Crippen molar-refractivity contribution < 1.29 is 4.92 Å². The molecule has 0 heterocycles. The molecule has 0 radical (unpaired) electrons. The van der Waals surface area contributed by atoms with E-state index < -0.39 is 4.92 Å². The lowest BCUT2D eigenvalue weighted by atomic mass is 10.1. The van der Waals surface area contributed by atoms with Crippen molar-refractivity contribution in [1.29, 1.82) is 0 Å². The van der Waals surface area contributed by atoms with Gasteiger partial charge in [-0.1, -0.05) is 35.9 Å². The van der Waals surface area contributed by atoms with Crippen LogP contribution in [-0.2, 0) is 0 Å². The summed E-state index contributed by atoms with van der Waals surface area (Å²) in [4.78, 5) is 10.2. The Hall–Kier alpha value is -1.81. The molecule has 0 spiro atoms. The number of nitro groups is 1. The zero-order valence-electron chi connectivity index (χ0n) is 7.61. The lowest BCUT2D eigenvalue weighted by Crippen LogP contribution is -1.97. The van der Waals surface area contributed by atoms with Crippen LogP contribution in [0.5, 0.6) is 0 Å². The lowest BCUT2D eigenvalue weighted by Gasteiger charge is -2.04. The average molecular weight is 223 g/mol. The van der Waals surface area contributed by atoms with Crippen LogP contribution in [0.15, 0.2) is 30.3 Å². The molecule has 2 N–H and O–H groups in total. The third kappa shape index (κ3) is 1.49. The molecule has 0 saturated carbocycles. The Bertz CT molecular complexity index is 554. The summed E-state index contributed by atoms with van der Waals surface area (Å²) in [5.41, 5.74) is 5.58. The van der Waals surface area contributed by atoms with Gasteiger partial charge in [-0.2, -0.15) is 0 Å². The number of nitrogen functional groups attached to an aromatic ring is 1. The van der Waals surface area contributed by atoms with Crippen molar-refractivity contribution in [2.75, 3.05) is 5.73 Å². The van der Waals surface area contributed by atoms with E-state index in [-0.39, 0.29) is 16.4 Å². The minimum Gasteiger partial charge on any atom is -0.393 e. The van der Waals surface area contributed by atoms with E-state index >= 15 is 0 Å². The van der Waals surface area contributed by atoms with Gasteiger partial charge in [0.25, 0.3) is 0 Å². The molecule has 0 aliphatic heterocycles. The summed E-state index contributed by atoms with van der Waals surface area (Å²) in [6, 6.07) is 8.68. The van der Waals surface area contributed by atoms with Crippen LogP contribution in [0.25, 0.3) is 10.8 Å². The molecule has 5 heteroatoms. The number of benzene rings is 2. The van der Waals surface area contributed by atoms with Crippen molar-refractivity contribution in [3.8, 4) is 0 Å². The Kier molecular flexibility index (Phi) is 2.21. The SMILES string of the molecule is Nc1c([N+](=O)[O-])c(Cl)cc2ccccc12. The first-order valence-corrected chi connectivity index (χ1v) is 4.60. The highest BCUT2D eigenvalue weighted by Gasteiger charge is 2.19. The van der Waals surface area contributed by atoms with Gasteiger partial charge in [-0.05, 0) is 11.5 Å². The third-order valence-corrected chi connectivity index (χ3v) is 2.49. The number of nitrogens with two attached hydrogens (primary N) is 1. The van der Waals surface area contributed by atoms with E-state index in [0.717, 1.165) is 5.39 Å². The molecule has 0 fully saturated rings. The minimum atomic E-state index is -0.565. The van der Waals surface area contributed by atoms with Crippen LogP contribution in [0.1, 0.15) is 0 Å². The standard InChI is InChI=1S/C10H7ClN2O2/c11-8-5-6-3-1-2-4-7(6)9(12)10(8)13(14)15/h1-5H,12H2. The highest BCUT2D eigenvalue weighted by atomic mass is 35.5. The number of anilines is 1. The van der Waals surface area contributed by atoms with Crippen LogP contribution in [0, 0.1) is 10.1 Å². The van der Waals surface area contributed by atoms with Crippen LogP contribution in [-0.4, -0.2) is 4.92 Å². The molecule has 0 amide bonds. The second-order valence-corrected chi connectivity index (χ2v) is 3.51. The summed E-state index contributed by atoms with van der Waals surface area (Å²) in [5, 5.41) is 12.2. The zero-order valence-corrected chi connectivity index (χ0v) is 8.36. The van der Waals surface area contributed by atoms with Crippen molar-refractivity contribution in [1.82, 2.24) is 0 Å². The molecule has 0 atom stereocenters. The van der Waals surface area contributed by atoms with Crippen molar-refractivity contribution in [3.05, 3.63) is 45.5 Å². The summed E-state index contributed by atoms with van der Waals surface area (Å²) in [6.45, 7) is 0. The second-order valence-electron chi connectivity index (χ2n) is 3.10. The number of fused-ring (bicyclic) bond motifs is 1. The van der Waals surface area contributed by atoms with E-state index in [1.165, 1.54) is 0 Å². The zero-order chi connectivity index (χ0) is 11.0. The van der Waals surface area contributed by atoms with Crippen LogP contribution in [0.3, 0.4) is 0 Å². The third-order valence-electron chi connectivity index (χ3n) is 2.20.